The molecule has 0 unspecified atom stereocenters. The molecule has 0 amide bonds. The largest absolute Gasteiger partial charge is 0.507 e. The van der Waals surface area contributed by atoms with Crippen LogP contribution in [0.4, 0.5) is 4.39 Å². The van der Waals surface area contributed by atoms with E-state index in [9.17, 15) is 19.1 Å². The van der Waals surface area contributed by atoms with Crippen molar-refractivity contribution in [2.45, 2.75) is 4.90 Å². The van der Waals surface area contributed by atoms with E-state index in [4.69, 9.17) is 0 Å². The zero-order chi connectivity index (χ0) is 15.0. The first-order valence-corrected chi connectivity index (χ1v) is 6.94. The Morgan fingerprint density at radius 2 is 1.71 bits per heavy atom. The summed E-state index contributed by atoms with van der Waals surface area (Å²) < 4.78 is 12.9. The van der Waals surface area contributed by atoms with E-state index in [0.717, 1.165) is 11.8 Å². The Hall–Kier alpha value is -2.40. The molecule has 0 fully saturated rings. The summed E-state index contributed by atoms with van der Waals surface area (Å²) in [6.45, 7) is 0. The molecule has 0 aromatic heterocycles. The number of hydrogen-bond donors (Lipinski definition) is 1. The van der Waals surface area contributed by atoms with Crippen LogP contribution in [0.5, 0.6) is 5.75 Å². The molecular weight excluding hydrogens is 291 g/mol. The lowest BCUT2D eigenvalue weighted by Crippen LogP contribution is -2.15. The number of fused-ring (bicyclic) bond motifs is 1. The van der Waals surface area contributed by atoms with Crippen molar-refractivity contribution >= 4 is 23.3 Å². The first kappa shape index (κ1) is 13.6. The van der Waals surface area contributed by atoms with Gasteiger partial charge in [0.25, 0.3) is 0 Å². The number of thioether (sulfide) groups is 1. The second kappa shape index (κ2) is 5.18. The van der Waals surface area contributed by atoms with E-state index < -0.39 is 5.78 Å². The van der Waals surface area contributed by atoms with Crippen molar-refractivity contribution < 1.29 is 19.1 Å². The van der Waals surface area contributed by atoms with Crippen LogP contribution in [0.25, 0.3) is 0 Å². The summed E-state index contributed by atoms with van der Waals surface area (Å²) >= 11 is 1.10. The second-order valence-electron chi connectivity index (χ2n) is 4.46. The van der Waals surface area contributed by atoms with Crippen molar-refractivity contribution in [2.24, 2.45) is 0 Å². The molecule has 1 N–H and O–H groups in total. The summed E-state index contributed by atoms with van der Waals surface area (Å²) in [5, 5.41) is 9.70. The van der Waals surface area contributed by atoms with E-state index in [2.05, 4.69) is 0 Å². The van der Waals surface area contributed by atoms with E-state index in [0.29, 0.717) is 4.90 Å². The number of ketones is 2. The maximum absolute atomic E-state index is 12.9. The molecule has 104 valence electrons. The van der Waals surface area contributed by atoms with E-state index in [1.54, 1.807) is 0 Å². The van der Waals surface area contributed by atoms with Crippen LogP contribution < -0.4 is 0 Å². The van der Waals surface area contributed by atoms with Gasteiger partial charge in [-0.1, -0.05) is 17.8 Å². The van der Waals surface area contributed by atoms with Crippen LogP contribution >= 0.6 is 11.8 Å². The number of halogens is 1. The third-order valence-corrected chi connectivity index (χ3v) is 4.09. The number of carbonyl (C=O) groups excluding carboxylic acids is 2. The van der Waals surface area contributed by atoms with Crippen molar-refractivity contribution in [1.82, 2.24) is 0 Å². The molecule has 3 nitrogen and oxygen atoms in total. The van der Waals surface area contributed by atoms with Crippen LogP contribution in [-0.4, -0.2) is 16.7 Å². The van der Waals surface area contributed by atoms with Gasteiger partial charge >= 0.3 is 0 Å². The summed E-state index contributed by atoms with van der Waals surface area (Å²) in [6, 6.07) is 10.1. The van der Waals surface area contributed by atoms with Crippen molar-refractivity contribution in [2.75, 3.05) is 0 Å². The highest BCUT2D eigenvalue weighted by atomic mass is 32.2. The molecular formula is C16H9FO3S. The minimum atomic E-state index is -0.410. The maximum atomic E-state index is 12.9. The highest BCUT2D eigenvalue weighted by Crippen LogP contribution is 2.35. The van der Waals surface area contributed by atoms with Gasteiger partial charge in [-0.25, -0.2) is 4.39 Å². The van der Waals surface area contributed by atoms with Gasteiger partial charge in [-0.15, -0.1) is 0 Å². The molecule has 21 heavy (non-hydrogen) atoms. The van der Waals surface area contributed by atoms with Gasteiger partial charge < -0.3 is 5.11 Å². The lowest BCUT2D eigenvalue weighted by Gasteiger charge is -2.15. The normalized spacial score (nSPS) is 13.9. The number of allylic oxidation sites excluding steroid dienone is 2. The lowest BCUT2D eigenvalue weighted by atomic mass is 9.94. The molecule has 0 atom stereocenters. The molecule has 0 spiro atoms. The van der Waals surface area contributed by atoms with Crippen LogP contribution in [0.15, 0.2) is 58.3 Å². The van der Waals surface area contributed by atoms with Crippen LogP contribution in [0.2, 0.25) is 0 Å². The average molecular weight is 300 g/mol. The molecule has 0 saturated carbocycles. The predicted octanol–water partition coefficient (Wildman–Crippen LogP) is 3.59. The number of carbonyl (C=O) groups is 2. The number of benzene rings is 2. The van der Waals surface area contributed by atoms with Gasteiger partial charge in [-0.05, 0) is 36.4 Å². The first-order valence-electron chi connectivity index (χ1n) is 6.12. The van der Waals surface area contributed by atoms with Crippen molar-refractivity contribution in [3.63, 3.8) is 0 Å². The van der Waals surface area contributed by atoms with Gasteiger partial charge in [0.15, 0.2) is 5.78 Å². The fraction of sp³-hybridized carbons (Fsp3) is 0. The minimum absolute atomic E-state index is 0.0333. The topological polar surface area (TPSA) is 54.4 Å². The van der Waals surface area contributed by atoms with Crippen LogP contribution in [0.1, 0.15) is 20.7 Å². The Labute approximate surface area is 124 Å². The molecule has 0 radical (unpaired) electrons. The molecule has 0 heterocycles. The molecule has 0 bridgehead atoms. The number of Topliss-reactive ketones (excluding diaryl/α,β-unsaturated/α-hetero) is 1. The first-order chi connectivity index (χ1) is 10.1. The number of hydrogen-bond acceptors (Lipinski definition) is 4. The molecule has 1 aliphatic rings. The molecule has 0 saturated heterocycles. The summed E-state index contributed by atoms with van der Waals surface area (Å²) in [6.07, 6.45) is 1.21. The zero-order valence-electron chi connectivity index (χ0n) is 10.7. The summed E-state index contributed by atoms with van der Waals surface area (Å²) in [5.74, 6) is -1.30. The van der Waals surface area contributed by atoms with Crippen LogP contribution in [0, 0.1) is 5.82 Å². The van der Waals surface area contributed by atoms with Gasteiger partial charge in [0.05, 0.1) is 10.5 Å². The maximum Gasteiger partial charge on any atom is 0.200 e. The van der Waals surface area contributed by atoms with E-state index in [-0.39, 0.29) is 33.4 Å². The van der Waals surface area contributed by atoms with E-state index in [1.165, 1.54) is 48.5 Å². The van der Waals surface area contributed by atoms with E-state index >= 15 is 0 Å². The van der Waals surface area contributed by atoms with E-state index in [1.807, 2.05) is 0 Å². The van der Waals surface area contributed by atoms with Gasteiger partial charge in [0.1, 0.15) is 11.6 Å². The smallest absolute Gasteiger partial charge is 0.200 e. The highest BCUT2D eigenvalue weighted by molar-refractivity contribution is 8.04. The third-order valence-electron chi connectivity index (χ3n) is 3.06. The summed E-state index contributed by atoms with van der Waals surface area (Å²) in [7, 11) is 0. The van der Waals surface area contributed by atoms with Crippen LogP contribution in [0.3, 0.4) is 0 Å². The summed E-state index contributed by atoms with van der Waals surface area (Å²) in [5.41, 5.74) is 0.220. The standard InChI is InChI=1S/C16H9FO3S/c17-9-4-6-10(7-5-9)21-14-8-13(19)15-11(16(14)20)2-1-3-12(15)18/h1-8,18H. The number of aromatic hydroxyl groups is 1. The van der Waals surface area contributed by atoms with Gasteiger partial charge in [0, 0.05) is 16.5 Å². The van der Waals surface area contributed by atoms with Crippen molar-refractivity contribution in [3.05, 3.63) is 70.4 Å². The van der Waals surface area contributed by atoms with Crippen LogP contribution in [-0.2, 0) is 0 Å². The molecule has 3 rings (SSSR count). The van der Waals surface area contributed by atoms with Crippen molar-refractivity contribution in [3.8, 4) is 5.75 Å². The average Bonchev–Trinajstić information content (AvgIpc) is 2.46. The predicted molar refractivity (Wildman–Crippen MR) is 77.1 cm³/mol. The molecule has 2 aromatic rings. The monoisotopic (exact) mass is 300 g/mol. The molecule has 5 heteroatoms. The number of rotatable bonds is 2. The summed E-state index contributed by atoms with van der Waals surface area (Å²) in [4.78, 5) is 25.3. The SMILES string of the molecule is O=C1C(Sc2ccc(F)cc2)=CC(=O)c2c(O)cccc21. The lowest BCUT2D eigenvalue weighted by molar-refractivity contribution is 0.0989. The fourth-order valence-corrected chi connectivity index (χ4v) is 2.98. The highest BCUT2D eigenvalue weighted by Gasteiger charge is 2.28. The minimum Gasteiger partial charge on any atom is -0.507 e. The Balaban J connectivity index is 1.97. The van der Waals surface area contributed by atoms with Crippen molar-refractivity contribution in [1.29, 1.82) is 0 Å². The zero-order valence-corrected chi connectivity index (χ0v) is 11.5. The fourth-order valence-electron chi connectivity index (χ4n) is 2.08. The third kappa shape index (κ3) is 2.48. The Morgan fingerprint density at radius 3 is 2.43 bits per heavy atom. The van der Waals surface area contributed by atoms with Gasteiger partial charge in [0.2, 0.25) is 5.78 Å². The van der Waals surface area contributed by atoms with Gasteiger partial charge in [-0.2, -0.15) is 0 Å². The quantitative estimate of drug-likeness (QED) is 0.921. The number of phenolic OH excluding ortho intramolecular Hbond substituents is 1. The molecule has 0 aliphatic heterocycles. The van der Waals surface area contributed by atoms with Gasteiger partial charge in [-0.3, -0.25) is 9.59 Å². The number of phenols is 1. The Bertz CT molecular complexity index is 779. The molecule has 1 aliphatic carbocycles. The Morgan fingerprint density at radius 1 is 1.00 bits per heavy atom. The Kier molecular flexibility index (Phi) is 3.35. The second-order valence-corrected chi connectivity index (χ2v) is 5.57. The molecule has 2 aromatic carbocycles.